The van der Waals surface area contributed by atoms with Gasteiger partial charge in [0.25, 0.3) is 0 Å². The highest BCUT2D eigenvalue weighted by Crippen LogP contribution is 2.04. The number of carbonyl (C=O) groups excluding carboxylic acids is 1. The molecule has 2 amide bonds. The normalized spacial score (nSPS) is 10.2. The summed E-state index contributed by atoms with van der Waals surface area (Å²) in [6.45, 7) is 5.39. The average molecular weight is 224 g/mol. The fraction of sp³-hybridized carbons (Fsp3) is 0.636. The lowest BCUT2D eigenvalue weighted by Crippen LogP contribution is -2.37. The van der Waals surface area contributed by atoms with Crippen LogP contribution in [0.1, 0.15) is 24.6 Å². The zero-order valence-corrected chi connectivity index (χ0v) is 10.2. The zero-order valence-electron chi connectivity index (χ0n) is 10.2. The summed E-state index contributed by atoms with van der Waals surface area (Å²) >= 11 is 0. The van der Waals surface area contributed by atoms with Gasteiger partial charge in [0, 0.05) is 25.8 Å². The predicted molar refractivity (Wildman–Crippen MR) is 63.3 cm³/mol. The van der Waals surface area contributed by atoms with Gasteiger partial charge in [-0.05, 0) is 32.3 Å². The highest BCUT2D eigenvalue weighted by atomic mass is 16.2. The Morgan fingerprint density at radius 2 is 2.38 bits per heavy atom. The molecule has 0 atom stereocenters. The Labute approximate surface area is 96.2 Å². The molecule has 0 fully saturated rings. The van der Waals surface area contributed by atoms with Crippen LogP contribution < -0.4 is 5.32 Å². The number of aryl methyl sites for hydroxylation is 2. The molecule has 0 aromatic carbocycles. The molecule has 16 heavy (non-hydrogen) atoms. The number of carbonyl (C=O) groups is 1. The maximum atomic E-state index is 11.4. The van der Waals surface area contributed by atoms with E-state index in [-0.39, 0.29) is 6.03 Å². The smallest absolute Gasteiger partial charge is 0.317 e. The van der Waals surface area contributed by atoms with Crippen molar-refractivity contribution in [1.29, 1.82) is 0 Å². The molecule has 0 aliphatic carbocycles. The molecule has 0 saturated heterocycles. The molecule has 0 bridgehead atoms. The molecular weight excluding hydrogens is 204 g/mol. The number of hydrogen-bond acceptors (Lipinski definition) is 2. The molecule has 1 rings (SSSR count). The maximum Gasteiger partial charge on any atom is 0.317 e. The molecule has 1 heterocycles. The monoisotopic (exact) mass is 224 g/mol. The van der Waals surface area contributed by atoms with Crippen LogP contribution in [0.25, 0.3) is 0 Å². The van der Waals surface area contributed by atoms with E-state index in [0.717, 1.165) is 25.1 Å². The second-order valence-corrected chi connectivity index (χ2v) is 3.87. The number of aromatic amines is 1. The van der Waals surface area contributed by atoms with E-state index in [1.165, 1.54) is 5.56 Å². The standard InChI is InChI=1S/C11H20N4O/c1-4-15(3)11(16)12-7-5-6-10-8-13-14-9(10)2/h8H,4-7H2,1-3H3,(H,12,16)(H,13,14). The Morgan fingerprint density at radius 1 is 1.62 bits per heavy atom. The van der Waals surface area contributed by atoms with Crippen LogP contribution in [0.2, 0.25) is 0 Å². The molecule has 1 aromatic rings. The van der Waals surface area contributed by atoms with Crippen molar-refractivity contribution in [2.75, 3.05) is 20.1 Å². The minimum Gasteiger partial charge on any atom is -0.338 e. The third kappa shape index (κ3) is 3.56. The number of hydrogen-bond donors (Lipinski definition) is 2. The van der Waals surface area contributed by atoms with Gasteiger partial charge in [-0.2, -0.15) is 5.10 Å². The van der Waals surface area contributed by atoms with E-state index in [2.05, 4.69) is 15.5 Å². The molecule has 1 aromatic heterocycles. The Morgan fingerprint density at radius 3 is 2.94 bits per heavy atom. The van der Waals surface area contributed by atoms with E-state index in [0.29, 0.717) is 6.54 Å². The number of nitrogens with one attached hydrogen (secondary N) is 2. The van der Waals surface area contributed by atoms with Gasteiger partial charge >= 0.3 is 6.03 Å². The third-order valence-electron chi connectivity index (χ3n) is 2.65. The van der Waals surface area contributed by atoms with Crippen LogP contribution in [0.15, 0.2) is 6.20 Å². The first-order valence-corrected chi connectivity index (χ1v) is 5.63. The van der Waals surface area contributed by atoms with Gasteiger partial charge in [0.15, 0.2) is 0 Å². The lowest BCUT2D eigenvalue weighted by atomic mass is 10.1. The minimum atomic E-state index is -0.00795. The van der Waals surface area contributed by atoms with E-state index in [9.17, 15) is 4.79 Å². The van der Waals surface area contributed by atoms with Crippen molar-refractivity contribution in [3.8, 4) is 0 Å². The van der Waals surface area contributed by atoms with Gasteiger partial charge in [-0.15, -0.1) is 0 Å². The molecular formula is C11H20N4O. The van der Waals surface area contributed by atoms with Crippen molar-refractivity contribution in [3.05, 3.63) is 17.5 Å². The molecule has 2 N–H and O–H groups in total. The molecule has 0 radical (unpaired) electrons. The fourth-order valence-corrected chi connectivity index (χ4v) is 1.38. The van der Waals surface area contributed by atoms with Crippen molar-refractivity contribution in [2.45, 2.75) is 26.7 Å². The van der Waals surface area contributed by atoms with E-state index in [1.54, 1.807) is 11.9 Å². The second-order valence-electron chi connectivity index (χ2n) is 3.87. The van der Waals surface area contributed by atoms with Gasteiger partial charge < -0.3 is 10.2 Å². The summed E-state index contributed by atoms with van der Waals surface area (Å²) < 4.78 is 0. The van der Waals surface area contributed by atoms with Crippen LogP contribution in [0.3, 0.4) is 0 Å². The highest BCUT2D eigenvalue weighted by Gasteiger charge is 2.05. The van der Waals surface area contributed by atoms with Crippen LogP contribution in [0, 0.1) is 6.92 Å². The van der Waals surface area contributed by atoms with Crippen LogP contribution in [-0.4, -0.2) is 41.3 Å². The average Bonchev–Trinajstić information content (AvgIpc) is 2.69. The maximum absolute atomic E-state index is 11.4. The summed E-state index contributed by atoms with van der Waals surface area (Å²) in [5.74, 6) is 0. The van der Waals surface area contributed by atoms with E-state index >= 15 is 0 Å². The third-order valence-corrected chi connectivity index (χ3v) is 2.65. The van der Waals surface area contributed by atoms with E-state index in [1.807, 2.05) is 20.0 Å². The van der Waals surface area contributed by atoms with Crippen LogP contribution in [0.4, 0.5) is 4.79 Å². The molecule has 5 nitrogen and oxygen atoms in total. The number of H-pyrrole nitrogens is 1. The van der Waals surface area contributed by atoms with Gasteiger partial charge in [-0.3, -0.25) is 5.10 Å². The predicted octanol–water partition coefficient (Wildman–Crippen LogP) is 1.31. The lowest BCUT2D eigenvalue weighted by molar-refractivity contribution is 0.211. The first kappa shape index (κ1) is 12.5. The van der Waals surface area contributed by atoms with Crippen LogP contribution in [0.5, 0.6) is 0 Å². The Hall–Kier alpha value is -1.52. The Bertz CT molecular complexity index is 334. The summed E-state index contributed by atoms with van der Waals surface area (Å²) in [5.41, 5.74) is 2.33. The van der Waals surface area contributed by atoms with E-state index in [4.69, 9.17) is 0 Å². The second kappa shape index (κ2) is 6.15. The van der Waals surface area contributed by atoms with E-state index < -0.39 is 0 Å². The Kier molecular flexibility index (Phi) is 4.82. The minimum absolute atomic E-state index is 0.00795. The van der Waals surface area contributed by atoms with Gasteiger partial charge in [-0.25, -0.2) is 4.79 Å². The highest BCUT2D eigenvalue weighted by molar-refractivity contribution is 5.73. The van der Waals surface area contributed by atoms with Crippen molar-refractivity contribution in [3.63, 3.8) is 0 Å². The summed E-state index contributed by atoms with van der Waals surface area (Å²) in [6, 6.07) is -0.00795. The first-order chi connectivity index (χ1) is 7.65. The number of rotatable bonds is 5. The number of urea groups is 1. The zero-order chi connectivity index (χ0) is 12.0. The van der Waals surface area contributed by atoms with Crippen molar-refractivity contribution in [2.24, 2.45) is 0 Å². The number of amides is 2. The fourth-order valence-electron chi connectivity index (χ4n) is 1.38. The topological polar surface area (TPSA) is 61.0 Å². The molecule has 5 heteroatoms. The molecule has 0 spiro atoms. The van der Waals surface area contributed by atoms with Gasteiger partial charge in [0.2, 0.25) is 0 Å². The molecule has 0 aliphatic heterocycles. The van der Waals surface area contributed by atoms with Crippen molar-refractivity contribution < 1.29 is 4.79 Å². The summed E-state index contributed by atoms with van der Waals surface area (Å²) in [4.78, 5) is 13.1. The number of aromatic nitrogens is 2. The van der Waals surface area contributed by atoms with Crippen molar-refractivity contribution in [1.82, 2.24) is 20.4 Å². The molecule has 90 valence electrons. The quantitative estimate of drug-likeness (QED) is 0.741. The van der Waals surface area contributed by atoms with Gasteiger partial charge in [0.05, 0.1) is 6.20 Å². The first-order valence-electron chi connectivity index (χ1n) is 5.63. The molecule has 0 unspecified atom stereocenters. The Balaban J connectivity index is 2.17. The summed E-state index contributed by atoms with van der Waals surface area (Å²) in [5, 5.41) is 9.73. The van der Waals surface area contributed by atoms with Gasteiger partial charge in [-0.1, -0.05) is 0 Å². The summed E-state index contributed by atoms with van der Waals surface area (Å²) in [6.07, 6.45) is 3.72. The van der Waals surface area contributed by atoms with Gasteiger partial charge in [0.1, 0.15) is 0 Å². The van der Waals surface area contributed by atoms with Crippen LogP contribution in [-0.2, 0) is 6.42 Å². The lowest BCUT2D eigenvalue weighted by Gasteiger charge is -2.15. The SMILES string of the molecule is CCN(C)C(=O)NCCCc1cn[nH]c1C. The molecule has 0 saturated carbocycles. The van der Waals surface area contributed by atoms with Crippen LogP contribution >= 0.6 is 0 Å². The largest absolute Gasteiger partial charge is 0.338 e. The molecule has 0 aliphatic rings. The van der Waals surface area contributed by atoms with Crippen molar-refractivity contribution >= 4 is 6.03 Å². The number of nitrogens with zero attached hydrogens (tertiary/aromatic N) is 2. The summed E-state index contributed by atoms with van der Waals surface area (Å²) in [7, 11) is 1.79.